The van der Waals surface area contributed by atoms with E-state index in [1.807, 2.05) is 50.6 Å². The summed E-state index contributed by atoms with van der Waals surface area (Å²) >= 11 is 3.47. The van der Waals surface area contributed by atoms with Gasteiger partial charge in [-0.25, -0.2) is 9.78 Å². The lowest BCUT2D eigenvalue weighted by atomic mass is 10.2. The molecule has 5 nitrogen and oxygen atoms in total. The molecule has 0 bridgehead atoms. The zero-order valence-corrected chi connectivity index (χ0v) is 14.3. The number of hydrogen-bond donors (Lipinski definition) is 1. The van der Waals surface area contributed by atoms with Crippen LogP contribution in [0.4, 0.5) is 4.79 Å². The SMILES string of the molecule is Cc1cc(Br)cn2cc(CCNC(=O)OC(C)(C)C)nc12. The summed E-state index contributed by atoms with van der Waals surface area (Å²) in [5.74, 6) is 0. The Hall–Kier alpha value is -1.56. The molecule has 0 fully saturated rings. The third-order valence-electron chi connectivity index (χ3n) is 2.80. The van der Waals surface area contributed by atoms with E-state index in [0.29, 0.717) is 13.0 Å². The topological polar surface area (TPSA) is 55.6 Å². The quantitative estimate of drug-likeness (QED) is 0.918. The highest BCUT2D eigenvalue weighted by Gasteiger charge is 2.15. The summed E-state index contributed by atoms with van der Waals surface area (Å²) in [7, 11) is 0. The number of aryl methyl sites for hydroxylation is 1. The predicted molar refractivity (Wildman–Crippen MR) is 85.6 cm³/mol. The molecule has 0 radical (unpaired) electrons. The van der Waals surface area contributed by atoms with Crippen LogP contribution in [-0.4, -0.2) is 27.6 Å². The minimum atomic E-state index is -0.476. The van der Waals surface area contributed by atoms with Crippen LogP contribution in [0.2, 0.25) is 0 Å². The number of pyridine rings is 1. The molecule has 2 aromatic heterocycles. The van der Waals surface area contributed by atoms with E-state index in [0.717, 1.165) is 21.4 Å². The Kier molecular flexibility index (Phi) is 4.56. The van der Waals surface area contributed by atoms with Crippen molar-refractivity contribution in [1.82, 2.24) is 14.7 Å². The maximum absolute atomic E-state index is 11.6. The van der Waals surface area contributed by atoms with Crippen LogP contribution < -0.4 is 5.32 Å². The third-order valence-corrected chi connectivity index (χ3v) is 3.23. The van der Waals surface area contributed by atoms with Crippen molar-refractivity contribution >= 4 is 27.7 Å². The second-order valence-electron chi connectivity index (χ2n) is 5.98. The molecule has 0 saturated heterocycles. The van der Waals surface area contributed by atoms with Crippen LogP contribution >= 0.6 is 15.9 Å². The molecule has 1 amide bonds. The minimum Gasteiger partial charge on any atom is -0.444 e. The Morgan fingerprint density at radius 3 is 2.81 bits per heavy atom. The Labute approximate surface area is 132 Å². The number of fused-ring (bicyclic) bond motifs is 1. The van der Waals surface area contributed by atoms with Gasteiger partial charge in [0.1, 0.15) is 11.2 Å². The number of aromatic nitrogens is 2. The van der Waals surface area contributed by atoms with Gasteiger partial charge in [-0.15, -0.1) is 0 Å². The predicted octanol–water partition coefficient (Wildman–Crippen LogP) is 3.47. The average Bonchev–Trinajstić information content (AvgIpc) is 2.69. The zero-order chi connectivity index (χ0) is 15.6. The van der Waals surface area contributed by atoms with Crippen LogP contribution in [0.15, 0.2) is 22.9 Å². The highest BCUT2D eigenvalue weighted by Crippen LogP contribution is 2.17. The summed E-state index contributed by atoms with van der Waals surface area (Å²) in [4.78, 5) is 16.1. The molecule has 2 aromatic rings. The molecule has 0 spiro atoms. The van der Waals surface area contributed by atoms with E-state index in [4.69, 9.17) is 4.74 Å². The zero-order valence-electron chi connectivity index (χ0n) is 12.7. The second-order valence-corrected chi connectivity index (χ2v) is 6.90. The van der Waals surface area contributed by atoms with Crippen molar-refractivity contribution in [3.05, 3.63) is 34.2 Å². The summed E-state index contributed by atoms with van der Waals surface area (Å²) in [6.07, 6.45) is 4.22. The first kappa shape index (κ1) is 15.8. The van der Waals surface area contributed by atoms with Crippen LogP contribution in [-0.2, 0) is 11.2 Å². The fraction of sp³-hybridized carbons (Fsp3) is 0.467. The summed E-state index contributed by atoms with van der Waals surface area (Å²) in [5.41, 5.74) is 2.50. The van der Waals surface area contributed by atoms with Crippen molar-refractivity contribution in [3.8, 4) is 0 Å². The summed E-state index contributed by atoms with van der Waals surface area (Å²) in [6, 6.07) is 2.03. The van der Waals surface area contributed by atoms with Gasteiger partial charge in [0, 0.05) is 29.8 Å². The molecule has 0 atom stereocenters. The molecule has 114 valence electrons. The highest BCUT2D eigenvalue weighted by molar-refractivity contribution is 9.10. The number of nitrogens with one attached hydrogen (secondary N) is 1. The fourth-order valence-corrected chi connectivity index (χ4v) is 2.57. The Morgan fingerprint density at radius 1 is 1.43 bits per heavy atom. The molecule has 2 heterocycles. The number of carbonyl (C=O) groups is 1. The van der Waals surface area contributed by atoms with Gasteiger partial charge in [-0.2, -0.15) is 0 Å². The highest BCUT2D eigenvalue weighted by atomic mass is 79.9. The summed E-state index contributed by atoms with van der Waals surface area (Å²) in [5, 5.41) is 2.74. The number of amides is 1. The summed E-state index contributed by atoms with van der Waals surface area (Å²) in [6.45, 7) is 8.05. The van der Waals surface area contributed by atoms with E-state index < -0.39 is 11.7 Å². The molecule has 1 N–H and O–H groups in total. The molecule has 2 rings (SSSR count). The lowest BCUT2D eigenvalue weighted by Crippen LogP contribution is -2.33. The molecule has 0 aliphatic heterocycles. The smallest absolute Gasteiger partial charge is 0.407 e. The van der Waals surface area contributed by atoms with Crippen molar-refractivity contribution in [2.24, 2.45) is 0 Å². The largest absolute Gasteiger partial charge is 0.444 e. The number of carbonyl (C=O) groups excluding carboxylic acids is 1. The average molecular weight is 354 g/mol. The van der Waals surface area contributed by atoms with Crippen molar-refractivity contribution < 1.29 is 9.53 Å². The van der Waals surface area contributed by atoms with Gasteiger partial charge < -0.3 is 14.5 Å². The van der Waals surface area contributed by atoms with Crippen molar-refractivity contribution in [3.63, 3.8) is 0 Å². The number of hydrogen-bond acceptors (Lipinski definition) is 3. The van der Waals surface area contributed by atoms with Crippen LogP contribution in [0.25, 0.3) is 5.65 Å². The molecule has 0 saturated carbocycles. The van der Waals surface area contributed by atoms with E-state index in [1.165, 1.54) is 0 Å². The normalized spacial score (nSPS) is 11.7. The Morgan fingerprint density at radius 2 is 2.14 bits per heavy atom. The summed E-state index contributed by atoms with van der Waals surface area (Å²) < 4.78 is 8.19. The van der Waals surface area contributed by atoms with Gasteiger partial charge in [-0.05, 0) is 55.3 Å². The Bertz CT molecular complexity index is 659. The second kappa shape index (κ2) is 6.05. The molecule has 21 heavy (non-hydrogen) atoms. The lowest BCUT2D eigenvalue weighted by Gasteiger charge is -2.19. The molecule has 6 heteroatoms. The standard InChI is InChI=1S/C15H20BrN3O2/c1-10-7-11(16)8-19-9-12(18-13(10)19)5-6-17-14(20)21-15(2,3)4/h7-9H,5-6H2,1-4H3,(H,17,20). The number of nitrogens with zero attached hydrogens (tertiary/aromatic N) is 2. The lowest BCUT2D eigenvalue weighted by molar-refractivity contribution is 0.0528. The van der Waals surface area contributed by atoms with E-state index >= 15 is 0 Å². The maximum atomic E-state index is 11.6. The monoisotopic (exact) mass is 353 g/mol. The van der Waals surface area contributed by atoms with Gasteiger partial charge in [0.2, 0.25) is 0 Å². The third kappa shape index (κ3) is 4.46. The number of rotatable bonds is 3. The van der Waals surface area contributed by atoms with Crippen LogP contribution in [0.1, 0.15) is 32.0 Å². The first-order valence-corrected chi connectivity index (χ1v) is 7.64. The number of alkyl carbamates (subject to hydrolysis) is 1. The van der Waals surface area contributed by atoms with Gasteiger partial charge in [0.15, 0.2) is 0 Å². The van der Waals surface area contributed by atoms with E-state index in [-0.39, 0.29) is 0 Å². The first-order chi connectivity index (χ1) is 9.74. The number of ether oxygens (including phenoxy) is 1. The van der Waals surface area contributed by atoms with Crippen molar-refractivity contribution in [2.75, 3.05) is 6.54 Å². The Balaban J connectivity index is 1.95. The van der Waals surface area contributed by atoms with Crippen LogP contribution in [0.5, 0.6) is 0 Å². The van der Waals surface area contributed by atoms with Gasteiger partial charge in [0.25, 0.3) is 0 Å². The van der Waals surface area contributed by atoms with Crippen molar-refractivity contribution in [1.29, 1.82) is 0 Å². The van der Waals surface area contributed by atoms with Crippen molar-refractivity contribution in [2.45, 2.75) is 39.7 Å². The first-order valence-electron chi connectivity index (χ1n) is 6.85. The van der Waals surface area contributed by atoms with Gasteiger partial charge in [-0.3, -0.25) is 0 Å². The molecular formula is C15H20BrN3O2. The fourth-order valence-electron chi connectivity index (χ4n) is 2.00. The molecular weight excluding hydrogens is 334 g/mol. The molecule has 0 aliphatic rings. The van der Waals surface area contributed by atoms with E-state index in [2.05, 4.69) is 26.2 Å². The van der Waals surface area contributed by atoms with Crippen LogP contribution in [0, 0.1) is 6.92 Å². The number of imidazole rings is 1. The van der Waals surface area contributed by atoms with Gasteiger partial charge in [0.05, 0.1) is 5.69 Å². The van der Waals surface area contributed by atoms with Gasteiger partial charge >= 0.3 is 6.09 Å². The van der Waals surface area contributed by atoms with E-state index in [1.54, 1.807) is 0 Å². The van der Waals surface area contributed by atoms with E-state index in [9.17, 15) is 4.79 Å². The molecule has 0 unspecified atom stereocenters. The molecule has 0 aromatic carbocycles. The molecule has 0 aliphatic carbocycles. The van der Waals surface area contributed by atoms with Gasteiger partial charge in [-0.1, -0.05) is 0 Å². The number of halogens is 1. The minimum absolute atomic E-state index is 0.398. The maximum Gasteiger partial charge on any atom is 0.407 e. The van der Waals surface area contributed by atoms with Crippen LogP contribution in [0.3, 0.4) is 0 Å².